The summed E-state index contributed by atoms with van der Waals surface area (Å²) in [5.74, 6) is 0.0138. The molecule has 0 fully saturated rings. The minimum atomic E-state index is -0.859. The molecule has 116 valence electrons. The van der Waals surface area contributed by atoms with Gasteiger partial charge in [-0.1, -0.05) is 0 Å². The number of carbonyl (C=O) groups excluding carboxylic acids is 1. The van der Waals surface area contributed by atoms with E-state index < -0.39 is 5.97 Å². The first-order valence-electron chi connectivity index (χ1n) is 6.21. The van der Waals surface area contributed by atoms with Gasteiger partial charge in [-0.3, -0.25) is 9.40 Å². The van der Waals surface area contributed by atoms with Gasteiger partial charge in [0, 0.05) is 16.0 Å². The van der Waals surface area contributed by atoms with Crippen molar-refractivity contribution in [1.82, 2.24) is 19.5 Å². The van der Waals surface area contributed by atoms with E-state index in [0.29, 0.717) is 17.3 Å². The third-order valence-corrected chi connectivity index (χ3v) is 3.86. The quantitative estimate of drug-likeness (QED) is 0.359. The number of ether oxygens (including phenoxy) is 1. The largest absolute Gasteiger partial charge is 0.480 e. The summed E-state index contributed by atoms with van der Waals surface area (Å²) in [6.45, 7) is 0. The van der Waals surface area contributed by atoms with E-state index >= 15 is 0 Å². The maximum absolute atomic E-state index is 11.6. The number of carbonyl (C=O) groups is 1. The van der Waals surface area contributed by atoms with Gasteiger partial charge in [-0.05, 0) is 34.7 Å². The van der Waals surface area contributed by atoms with E-state index in [-0.39, 0.29) is 5.56 Å². The third-order valence-electron chi connectivity index (χ3n) is 3.04. The van der Waals surface area contributed by atoms with E-state index in [0.717, 1.165) is 8.96 Å². The Balaban J connectivity index is 2.16. The summed E-state index contributed by atoms with van der Waals surface area (Å²) in [5.41, 5.74) is 0.722. The second-order valence-electron chi connectivity index (χ2n) is 4.28. The van der Waals surface area contributed by atoms with Crippen molar-refractivity contribution in [2.45, 2.75) is 0 Å². The van der Waals surface area contributed by atoms with Crippen LogP contribution >= 0.6 is 22.6 Å². The second-order valence-corrected chi connectivity index (χ2v) is 5.45. The molecule has 0 bridgehead atoms. The highest BCUT2D eigenvalue weighted by atomic mass is 127. The van der Waals surface area contributed by atoms with Crippen molar-refractivity contribution in [3.8, 4) is 11.7 Å². The van der Waals surface area contributed by atoms with Crippen LogP contribution in [0.5, 0.6) is 5.88 Å². The first kappa shape index (κ1) is 15.3. The third kappa shape index (κ3) is 2.72. The van der Waals surface area contributed by atoms with Gasteiger partial charge in [-0.2, -0.15) is 0 Å². The zero-order valence-corrected chi connectivity index (χ0v) is 13.8. The number of hydrogen-bond donors (Lipinski definition) is 0. The van der Waals surface area contributed by atoms with Crippen LogP contribution in [0.3, 0.4) is 0 Å². The number of fused-ring (bicyclic) bond motifs is 1. The molecule has 0 N–H and O–H groups in total. The van der Waals surface area contributed by atoms with Crippen LogP contribution < -0.4 is 4.74 Å². The van der Waals surface area contributed by atoms with E-state index in [2.05, 4.69) is 47.7 Å². The molecule has 0 unspecified atom stereocenters. The summed E-state index contributed by atoms with van der Waals surface area (Å²) >= 11 is 2.13. The molecule has 3 aromatic rings. The molecule has 0 spiro atoms. The van der Waals surface area contributed by atoms with Gasteiger partial charge in [-0.15, -0.1) is 4.91 Å². The average Bonchev–Trinajstić information content (AvgIpc) is 2.92. The molecule has 0 radical (unpaired) electrons. The molecule has 3 rings (SSSR count). The fourth-order valence-corrected chi connectivity index (χ4v) is 2.83. The zero-order valence-electron chi connectivity index (χ0n) is 11.6. The number of aromatic nitrogens is 4. The predicted molar refractivity (Wildman–Crippen MR) is 87.1 cm³/mol. The van der Waals surface area contributed by atoms with E-state index in [9.17, 15) is 9.70 Å². The van der Waals surface area contributed by atoms with Crippen LogP contribution in [-0.4, -0.2) is 32.6 Å². The van der Waals surface area contributed by atoms with E-state index in [1.165, 1.54) is 31.8 Å². The molecule has 9 nitrogen and oxygen atoms in total. The standard InChI is InChI=1S/C13H8IN5O4/c1-22-12-10-8(14)5-19(11(10)16-6-17-12)9-4-7(2-3-15-9)13(20)23-18-21/h2-6H,1H3. The first-order chi connectivity index (χ1) is 11.2. The highest BCUT2D eigenvalue weighted by Gasteiger charge is 2.17. The fraction of sp³-hybridized carbons (Fsp3) is 0.0769. The van der Waals surface area contributed by atoms with E-state index in [1.54, 1.807) is 10.8 Å². The van der Waals surface area contributed by atoms with Gasteiger partial charge in [0.25, 0.3) is 0 Å². The Labute approximate surface area is 142 Å². The van der Waals surface area contributed by atoms with Crippen LogP contribution in [0.2, 0.25) is 0 Å². The highest BCUT2D eigenvalue weighted by Crippen LogP contribution is 2.29. The molecular weight excluding hydrogens is 417 g/mol. The van der Waals surface area contributed by atoms with Crippen LogP contribution in [0, 0.1) is 8.48 Å². The maximum atomic E-state index is 11.6. The zero-order chi connectivity index (χ0) is 16.4. The minimum Gasteiger partial charge on any atom is -0.480 e. The molecule has 0 aliphatic rings. The van der Waals surface area contributed by atoms with E-state index in [1.807, 2.05) is 0 Å². The summed E-state index contributed by atoms with van der Waals surface area (Å²) in [6, 6.07) is 2.89. The van der Waals surface area contributed by atoms with Crippen molar-refractivity contribution in [3.05, 3.63) is 44.9 Å². The lowest BCUT2D eigenvalue weighted by Gasteiger charge is -2.05. The van der Waals surface area contributed by atoms with Gasteiger partial charge in [0.15, 0.2) is 11.0 Å². The lowest BCUT2D eigenvalue weighted by Crippen LogP contribution is -2.04. The number of rotatable bonds is 4. The van der Waals surface area contributed by atoms with Gasteiger partial charge >= 0.3 is 5.97 Å². The van der Waals surface area contributed by atoms with Crippen LogP contribution in [-0.2, 0) is 4.84 Å². The molecule has 0 aliphatic heterocycles. The molecule has 3 heterocycles. The molecule has 0 aromatic carbocycles. The maximum Gasteiger partial charge on any atom is 0.369 e. The first-order valence-corrected chi connectivity index (χ1v) is 7.29. The van der Waals surface area contributed by atoms with Crippen LogP contribution in [0.1, 0.15) is 10.4 Å². The van der Waals surface area contributed by atoms with Crippen LogP contribution in [0.15, 0.2) is 36.2 Å². The normalized spacial score (nSPS) is 10.5. The summed E-state index contributed by atoms with van der Waals surface area (Å²) in [5, 5.41) is 2.86. The Bertz CT molecular complexity index is 911. The van der Waals surface area contributed by atoms with Gasteiger partial charge in [0.2, 0.25) is 5.88 Å². The predicted octanol–water partition coefficient (Wildman–Crippen LogP) is 2.27. The van der Waals surface area contributed by atoms with Crippen molar-refractivity contribution >= 4 is 39.6 Å². The molecular formula is C13H8IN5O4. The summed E-state index contributed by atoms with van der Waals surface area (Å²) in [7, 11) is 1.52. The van der Waals surface area contributed by atoms with Gasteiger partial charge in [0.1, 0.15) is 12.1 Å². The Kier molecular flexibility index (Phi) is 4.14. The SMILES string of the molecule is COc1ncnc2c1c(I)cn2-c1cc(C(=O)ON=O)ccn1. The number of hydrogen-bond acceptors (Lipinski definition) is 8. The lowest BCUT2D eigenvalue weighted by atomic mass is 10.2. The number of nitrogens with zero attached hydrogens (tertiary/aromatic N) is 5. The Hall–Kier alpha value is -2.63. The van der Waals surface area contributed by atoms with Crippen molar-refractivity contribution in [2.75, 3.05) is 7.11 Å². The van der Waals surface area contributed by atoms with Gasteiger partial charge < -0.3 is 4.74 Å². The fourth-order valence-electron chi connectivity index (χ4n) is 2.08. The smallest absolute Gasteiger partial charge is 0.369 e. The molecule has 0 atom stereocenters. The minimum absolute atomic E-state index is 0.146. The van der Waals surface area contributed by atoms with Crippen molar-refractivity contribution in [1.29, 1.82) is 0 Å². The molecule has 3 aromatic heterocycles. The second kappa shape index (κ2) is 6.24. The topological polar surface area (TPSA) is 109 Å². The lowest BCUT2D eigenvalue weighted by molar-refractivity contribution is 0.0508. The molecule has 0 saturated carbocycles. The highest BCUT2D eigenvalue weighted by molar-refractivity contribution is 14.1. The van der Waals surface area contributed by atoms with Crippen molar-refractivity contribution < 1.29 is 14.4 Å². The Morgan fingerprint density at radius 3 is 2.91 bits per heavy atom. The number of pyridine rings is 1. The van der Waals surface area contributed by atoms with Gasteiger partial charge in [0.05, 0.1) is 18.1 Å². The number of methoxy groups -OCH3 is 1. The number of halogens is 1. The Morgan fingerprint density at radius 2 is 2.17 bits per heavy atom. The van der Waals surface area contributed by atoms with Crippen molar-refractivity contribution in [2.24, 2.45) is 5.34 Å². The molecule has 0 amide bonds. The molecule has 23 heavy (non-hydrogen) atoms. The van der Waals surface area contributed by atoms with E-state index in [4.69, 9.17) is 4.74 Å². The molecule has 0 aliphatic carbocycles. The molecule has 0 saturated heterocycles. The average molecular weight is 425 g/mol. The van der Waals surface area contributed by atoms with Crippen LogP contribution in [0.4, 0.5) is 0 Å². The monoisotopic (exact) mass is 425 g/mol. The van der Waals surface area contributed by atoms with Crippen LogP contribution in [0.25, 0.3) is 16.9 Å². The summed E-state index contributed by atoms with van der Waals surface area (Å²) < 4.78 is 7.79. The Morgan fingerprint density at radius 1 is 1.35 bits per heavy atom. The molecule has 10 heteroatoms. The van der Waals surface area contributed by atoms with Crippen molar-refractivity contribution in [3.63, 3.8) is 0 Å². The van der Waals surface area contributed by atoms with Gasteiger partial charge in [-0.25, -0.2) is 19.7 Å². The summed E-state index contributed by atoms with van der Waals surface area (Å²) in [4.78, 5) is 38.3. The summed E-state index contributed by atoms with van der Waals surface area (Å²) in [6.07, 6.45) is 4.59.